The van der Waals surface area contributed by atoms with E-state index in [0.717, 1.165) is 34.8 Å². The monoisotopic (exact) mass is 343 g/mol. The van der Waals surface area contributed by atoms with Gasteiger partial charge in [-0.1, -0.05) is 13.0 Å². The molecule has 1 aromatic carbocycles. The third kappa shape index (κ3) is 4.41. The van der Waals surface area contributed by atoms with Gasteiger partial charge in [-0.25, -0.2) is 0 Å². The number of piperidine rings is 1. The number of likely N-dealkylation sites (tertiary alicyclic amines) is 1. The molecule has 1 fully saturated rings. The highest BCUT2D eigenvalue weighted by Crippen LogP contribution is 2.28. The summed E-state index contributed by atoms with van der Waals surface area (Å²) in [5, 5.41) is 14.9. The molecule has 1 aliphatic rings. The van der Waals surface area contributed by atoms with Crippen LogP contribution in [0.4, 0.5) is 5.69 Å². The molecule has 2 N–H and O–H groups in total. The van der Waals surface area contributed by atoms with Crippen molar-refractivity contribution in [3.63, 3.8) is 0 Å². The Morgan fingerprint density at radius 3 is 3.00 bits per heavy atom. The Kier molecular flexibility index (Phi) is 5.76. The van der Waals surface area contributed by atoms with Crippen molar-refractivity contribution in [3.8, 4) is 5.75 Å². The van der Waals surface area contributed by atoms with Crippen LogP contribution in [0.25, 0.3) is 10.9 Å². The SMILES string of the molecule is COc1cc(NC[C@H](O)CN2CC[C@H](C)C[C@@H]2C)c2ncccc2c1. The Bertz CT molecular complexity index is 706. The number of β-amino-alcohol motifs (C(OH)–C–C–N with tert-alkyl or cyclic N) is 1. The summed E-state index contributed by atoms with van der Waals surface area (Å²) in [6, 6.07) is 8.38. The number of aliphatic hydroxyl groups excluding tert-OH is 1. The molecule has 25 heavy (non-hydrogen) atoms. The van der Waals surface area contributed by atoms with Gasteiger partial charge in [0.15, 0.2) is 0 Å². The number of hydrogen-bond donors (Lipinski definition) is 2. The van der Waals surface area contributed by atoms with Crippen molar-refractivity contribution in [1.29, 1.82) is 0 Å². The average Bonchev–Trinajstić information content (AvgIpc) is 2.61. The van der Waals surface area contributed by atoms with Crippen molar-refractivity contribution in [3.05, 3.63) is 30.5 Å². The Balaban J connectivity index is 1.64. The summed E-state index contributed by atoms with van der Waals surface area (Å²) < 4.78 is 5.38. The molecule has 1 aliphatic heterocycles. The molecule has 0 spiro atoms. The highest BCUT2D eigenvalue weighted by molar-refractivity contribution is 5.91. The largest absolute Gasteiger partial charge is 0.497 e. The van der Waals surface area contributed by atoms with Crippen LogP contribution in [0, 0.1) is 5.92 Å². The molecule has 3 rings (SSSR count). The van der Waals surface area contributed by atoms with Gasteiger partial charge in [0, 0.05) is 36.8 Å². The fourth-order valence-electron chi connectivity index (χ4n) is 3.71. The number of aromatic nitrogens is 1. The number of aliphatic hydroxyl groups is 1. The van der Waals surface area contributed by atoms with Crippen molar-refractivity contribution in [2.24, 2.45) is 5.92 Å². The molecule has 2 heterocycles. The summed E-state index contributed by atoms with van der Waals surface area (Å²) in [4.78, 5) is 6.86. The lowest BCUT2D eigenvalue weighted by Gasteiger charge is -2.37. The number of nitrogens with one attached hydrogen (secondary N) is 1. The van der Waals surface area contributed by atoms with Crippen LogP contribution in [0.3, 0.4) is 0 Å². The van der Waals surface area contributed by atoms with E-state index in [2.05, 4.69) is 29.0 Å². The number of pyridine rings is 1. The first-order chi connectivity index (χ1) is 12.1. The Morgan fingerprint density at radius 1 is 1.40 bits per heavy atom. The molecule has 5 heteroatoms. The maximum Gasteiger partial charge on any atom is 0.121 e. The Labute approximate surface area is 150 Å². The van der Waals surface area contributed by atoms with Crippen molar-refractivity contribution in [2.75, 3.05) is 32.1 Å². The highest BCUT2D eigenvalue weighted by atomic mass is 16.5. The quantitative estimate of drug-likeness (QED) is 0.844. The van der Waals surface area contributed by atoms with E-state index in [1.807, 2.05) is 24.3 Å². The maximum absolute atomic E-state index is 10.5. The van der Waals surface area contributed by atoms with E-state index in [0.29, 0.717) is 19.1 Å². The van der Waals surface area contributed by atoms with Crippen molar-refractivity contribution in [1.82, 2.24) is 9.88 Å². The minimum atomic E-state index is -0.416. The second kappa shape index (κ2) is 8.02. The number of ether oxygens (including phenoxy) is 1. The molecule has 0 saturated carbocycles. The van der Waals surface area contributed by atoms with Crippen LogP contribution in [0.1, 0.15) is 26.7 Å². The fourth-order valence-corrected chi connectivity index (χ4v) is 3.71. The first-order valence-corrected chi connectivity index (χ1v) is 9.15. The molecule has 0 aliphatic carbocycles. The van der Waals surface area contributed by atoms with E-state index in [9.17, 15) is 5.11 Å². The minimum absolute atomic E-state index is 0.416. The van der Waals surface area contributed by atoms with E-state index in [1.54, 1.807) is 13.3 Å². The van der Waals surface area contributed by atoms with Crippen LogP contribution < -0.4 is 10.1 Å². The molecule has 5 nitrogen and oxygen atoms in total. The molecule has 136 valence electrons. The highest BCUT2D eigenvalue weighted by Gasteiger charge is 2.24. The average molecular weight is 343 g/mol. The van der Waals surface area contributed by atoms with Gasteiger partial charge in [-0.15, -0.1) is 0 Å². The van der Waals surface area contributed by atoms with Crippen LogP contribution in [0.2, 0.25) is 0 Å². The van der Waals surface area contributed by atoms with E-state index in [-0.39, 0.29) is 0 Å². The van der Waals surface area contributed by atoms with Crippen LogP contribution in [0.15, 0.2) is 30.5 Å². The van der Waals surface area contributed by atoms with Gasteiger partial charge in [-0.2, -0.15) is 0 Å². The zero-order valence-electron chi connectivity index (χ0n) is 15.4. The number of methoxy groups -OCH3 is 1. The first kappa shape index (κ1) is 18.0. The maximum atomic E-state index is 10.5. The van der Waals surface area contributed by atoms with Crippen molar-refractivity contribution < 1.29 is 9.84 Å². The van der Waals surface area contributed by atoms with E-state index in [1.165, 1.54) is 12.8 Å². The molecule has 0 bridgehead atoms. The lowest BCUT2D eigenvalue weighted by molar-refractivity contribution is 0.0661. The molecule has 1 aromatic heterocycles. The van der Waals surface area contributed by atoms with E-state index < -0.39 is 6.10 Å². The lowest BCUT2D eigenvalue weighted by Crippen LogP contribution is -2.45. The number of benzene rings is 1. The molecular weight excluding hydrogens is 314 g/mol. The zero-order chi connectivity index (χ0) is 17.8. The number of rotatable bonds is 6. The predicted octanol–water partition coefficient (Wildman–Crippen LogP) is 3.14. The van der Waals surface area contributed by atoms with E-state index >= 15 is 0 Å². The first-order valence-electron chi connectivity index (χ1n) is 9.15. The molecule has 1 saturated heterocycles. The van der Waals surface area contributed by atoms with Gasteiger partial charge < -0.3 is 15.2 Å². The molecule has 2 aromatic rings. The Hall–Kier alpha value is -1.85. The fraction of sp³-hybridized carbons (Fsp3) is 0.550. The van der Waals surface area contributed by atoms with Crippen molar-refractivity contribution in [2.45, 2.75) is 38.8 Å². The van der Waals surface area contributed by atoms with Crippen LogP contribution in [-0.2, 0) is 0 Å². The van der Waals surface area contributed by atoms with Gasteiger partial charge in [0.1, 0.15) is 5.75 Å². The summed E-state index contributed by atoms with van der Waals surface area (Å²) in [5.74, 6) is 1.58. The lowest BCUT2D eigenvalue weighted by atomic mass is 9.93. The third-order valence-corrected chi connectivity index (χ3v) is 5.16. The molecule has 3 atom stereocenters. The number of anilines is 1. The van der Waals surface area contributed by atoms with Gasteiger partial charge in [-0.05, 0) is 44.4 Å². The number of hydrogen-bond acceptors (Lipinski definition) is 5. The molecule has 0 unspecified atom stereocenters. The van der Waals surface area contributed by atoms with Crippen LogP contribution in [-0.4, -0.2) is 53.9 Å². The molecular formula is C20H29N3O2. The van der Waals surface area contributed by atoms with E-state index in [4.69, 9.17) is 4.74 Å². The second-order valence-electron chi connectivity index (χ2n) is 7.26. The Morgan fingerprint density at radius 2 is 2.24 bits per heavy atom. The zero-order valence-corrected chi connectivity index (χ0v) is 15.4. The second-order valence-corrected chi connectivity index (χ2v) is 7.26. The van der Waals surface area contributed by atoms with Gasteiger partial charge in [-0.3, -0.25) is 9.88 Å². The normalized spacial score (nSPS) is 22.7. The van der Waals surface area contributed by atoms with Crippen molar-refractivity contribution >= 4 is 16.6 Å². The number of nitrogens with zero attached hydrogens (tertiary/aromatic N) is 2. The van der Waals surface area contributed by atoms with Gasteiger partial charge in [0.25, 0.3) is 0 Å². The van der Waals surface area contributed by atoms with Gasteiger partial charge >= 0.3 is 0 Å². The molecule has 0 radical (unpaired) electrons. The summed E-state index contributed by atoms with van der Waals surface area (Å²) >= 11 is 0. The summed E-state index contributed by atoms with van der Waals surface area (Å²) in [6.07, 6.45) is 3.80. The standard InChI is InChI=1S/C20H29N3O2/c1-14-6-8-23(15(2)9-14)13-17(24)12-22-19-11-18(25-3)10-16-5-4-7-21-20(16)19/h4-5,7,10-11,14-15,17,22,24H,6,8-9,12-13H2,1-3H3/t14-,15-,17-/m0/s1. The van der Waals surface area contributed by atoms with Crippen LogP contribution >= 0.6 is 0 Å². The van der Waals surface area contributed by atoms with Gasteiger partial charge in [0.05, 0.1) is 24.4 Å². The predicted molar refractivity (Wildman–Crippen MR) is 102 cm³/mol. The van der Waals surface area contributed by atoms with Gasteiger partial charge in [0.2, 0.25) is 0 Å². The summed E-state index contributed by atoms with van der Waals surface area (Å²) in [5.41, 5.74) is 1.80. The minimum Gasteiger partial charge on any atom is -0.497 e. The van der Waals surface area contributed by atoms with Crippen LogP contribution in [0.5, 0.6) is 5.75 Å². The summed E-state index contributed by atoms with van der Waals surface area (Å²) in [6.45, 7) is 6.85. The summed E-state index contributed by atoms with van der Waals surface area (Å²) in [7, 11) is 1.66. The third-order valence-electron chi connectivity index (χ3n) is 5.16. The smallest absolute Gasteiger partial charge is 0.121 e. The topological polar surface area (TPSA) is 57.6 Å². The molecule has 0 amide bonds. The number of fused-ring (bicyclic) bond motifs is 1.